The third-order valence-corrected chi connectivity index (χ3v) is 4.53. The summed E-state index contributed by atoms with van der Waals surface area (Å²) in [5.41, 5.74) is 4.51. The second-order valence-corrected chi connectivity index (χ2v) is 6.88. The Balaban J connectivity index is 1.67. The van der Waals surface area contributed by atoms with E-state index in [1.54, 1.807) is 18.0 Å². The maximum Gasteiger partial charge on any atom is 0.293 e. The average Bonchev–Trinajstić information content (AvgIpc) is 3.04. The van der Waals surface area contributed by atoms with Crippen molar-refractivity contribution in [2.45, 2.75) is 6.54 Å². The Bertz CT molecular complexity index is 970. The van der Waals surface area contributed by atoms with Crippen LogP contribution < -0.4 is 10.2 Å². The number of para-hydroxylation sites is 1. The Morgan fingerprint density at radius 2 is 2.04 bits per heavy atom. The van der Waals surface area contributed by atoms with Gasteiger partial charge in [-0.3, -0.25) is 9.48 Å². The Labute approximate surface area is 169 Å². The Kier molecular flexibility index (Phi) is 6.26. The first-order valence-electron chi connectivity index (χ1n) is 8.00. The Morgan fingerprint density at radius 3 is 2.78 bits per heavy atom. The van der Waals surface area contributed by atoms with Crippen molar-refractivity contribution in [2.75, 3.05) is 7.11 Å². The normalized spacial score (nSPS) is 10.9. The second-order valence-electron chi connectivity index (χ2n) is 5.59. The molecule has 138 valence electrons. The molecule has 2 aromatic carbocycles. The lowest BCUT2D eigenvalue weighted by Gasteiger charge is -2.03. The topological polar surface area (TPSA) is 68.5 Å². The van der Waals surface area contributed by atoms with Crippen molar-refractivity contribution < 1.29 is 9.53 Å². The number of hydrazone groups is 1. The van der Waals surface area contributed by atoms with Gasteiger partial charge in [-0.15, -0.1) is 0 Å². The number of amides is 1. The van der Waals surface area contributed by atoms with Gasteiger partial charge in [-0.25, -0.2) is 5.43 Å². The van der Waals surface area contributed by atoms with E-state index >= 15 is 0 Å². The zero-order chi connectivity index (χ0) is 19.2. The fraction of sp³-hybridized carbons (Fsp3) is 0.105. The number of hydrogen-bond acceptors (Lipinski definition) is 4. The van der Waals surface area contributed by atoms with E-state index in [1.807, 2.05) is 48.5 Å². The van der Waals surface area contributed by atoms with E-state index in [0.29, 0.717) is 21.8 Å². The maximum absolute atomic E-state index is 12.3. The maximum atomic E-state index is 12.3. The van der Waals surface area contributed by atoms with Gasteiger partial charge in [0.1, 0.15) is 5.75 Å². The molecule has 0 saturated carbocycles. The van der Waals surface area contributed by atoms with Gasteiger partial charge in [-0.1, -0.05) is 35.9 Å². The van der Waals surface area contributed by atoms with Gasteiger partial charge in [0.05, 0.1) is 24.3 Å². The Hall–Kier alpha value is -2.64. The first kappa shape index (κ1) is 19.1. The summed E-state index contributed by atoms with van der Waals surface area (Å²) in [6.07, 6.45) is 3.27. The molecule has 1 heterocycles. The van der Waals surface area contributed by atoms with Gasteiger partial charge in [0, 0.05) is 16.8 Å². The van der Waals surface area contributed by atoms with Crippen LogP contribution in [0.3, 0.4) is 0 Å². The number of aromatic nitrogens is 2. The number of ether oxygens (including phenoxy) is 1. The van der Waals surface area contributed by atoms with Gasteiger partial charge >= 0.3 is 0 Å². The number of nitrogens with zero attached hydrogens (tertiary/aromatic N) is 3. The summed E-state index contributed by atoms with van der Waals surface area (Å²) in [4.78, 5) is 12.3. The summed E-state index contributed by atoms with van der Waals surface area (Å²) >= 11 is 9.26. The number of benzene rings is 2. The molecule has 0 unspecified atom stereocenters. The summed E-state index contributed by atoms with van der Waals surface area (Å²) in [5.74, 6) is 0.256. The van der Waals surface area contributed by atoms with Crippen LogP contribution in [0, 0.1) is 0 Å². The summed E-state index contributed by atoms with van der Waals surface area (Å²) in [5, 5.41) is 8.97. The van der Waals surface area contributed by atoms with E-state index in [1.165, 1.54) is 6.21 Å². The van der Waals surface area contributed by atoms with Crippen molar-refractivity contribution in [2.24, 2.45) is 5.10 Å². The van der Waals surface area contributed by atoms with Gasteiger partial charge in [0.15, 0.2) is 5.69 Å². The van der Waals surface area contributed by atoms with Crippen molar-refractivity contribution in [3.8, 4) is 5.75 Å². The zero-order valence-corrected chi connectivity index (χ0v) is 16.7. The molecule has 0 aliphatic heterocycles. The SMILES string of the molecule is COc1ccccc1/C=N/NC(=O)c1nn(Cc2ccc(Cl)cc2)cc1Br. The van der Waals surface area contributed by atoms with Crippen LogP contribution in [0.2, 0.25) is 5.02 Å². The molecule has 3 aromatic rings. The van der Waals surface area contributed by atoms with Crippen LogP contribution in [-0.4, -0.2) is 29.0 Å². The van der Waals surface area contributed by atoms with Crippen LogP contribution >= 0.6 is 27.5 Å². The van der Waals surface area contributed by atoms with Crippen LogP contribution in [0.15, 0.2) is 64.3 Å². The zero-order valence-electron chi connectivity index (χ0n) is 14.4. The third kappa shape index (κ3) is 4.96. The van der Waals surface area contributed by atoms with Gasteiger partial charge < -0.3 is 4.74 Å². The molecule has 1 aromatic heterocycles. The number of hydrogen-bond donors (Lipinski definition) is 1. The van der Waals surface area contributed by atoms with Gasteiger partial charge in [-0.2, -0.15) is 10.2 Å². The van der Waals surface area contributed by atoms with E-state index < -0.39 is 5.91 Å². The molecule has 0 bridgehead atoms. The lowest BCUT2D eigenvalue weighted by atomic mass is 10.2. The largest absolute Gasteiger partial charge is 0.496 e. The first-order valence-corrected chi connectivity index (χ1v) is 9.17. The highest BCUT2D eigenvalue weighted by Crippen LogP contribution is 2.17. The average molecular weight is 448 g/mol. The predicted molar refractivity (Wildman–Crippen MR) is 109 cm³/mol. The lowest BCUT2D eigenvalue weighted by Crippen LogP contribution is -2.19. The third-order valence-electron chi connectivity index (χ3n) is 3.70. The number of halogens is 2. The number of rotatable bonds is 6. The molecule has 0 aliphatic carbocycles. The monoisotopic (exact) mass is 446 g/mol. The predicted octanol–water partition coefficient (Wildman–Crippen LogP) is 4.12. The van der Waals surface area contributed by atoms with Crippen LogP contribution in [0.5, 0.6) is 5.75 Å². The molecule has 8 heteroatoms. The van der Waals surface area contributed by atoms with Crippen molar-refractivity contribution in [3.63, 3.8) is 0 Å². The molecule has 0 radical (unpaired) electrons. The molecular formula is C19H16BrClN4O2. The number of methoxy groups -OCH3 is 1. The van der Waals surface area contributed by atoms with Crippen LogP contribution in [0.4, 0.5) is 0 Å². The molecule has 0 fully saturated rings. The minimum Gasteiger partial charge on any atom is -0.496 e. The highest BCUT2D eigenvalue weighted by atomic mass is 79.9. The van der Waals surface area contributed by atoms with E-state index in [2.05, 4.69) is 31.6 Å². The smallest absolute Gasteiger partial charge is 0.293 e. The van der Waals surface area contributed by atoms with E-state index in [9.17, 15) is 4.79 Å². The van der Waals surface area contributed by atoms with Crippen molar-refractivity contribution in [1.29, 1.82) is 0 Å². The van der Waals surface area contributed by atoms with Gasteiger partial charge in [0.25, 0.3) is 5.91 Å². The number of carbonyl (C=O) groups excluding carboxylic acids is 1. The summed E-state index contributed by atoms with van der Waals surface area (Å²) < 4.78 is 7.50. The molecule has 3 rings (SSSR count). The fourth-order valence-corrected chi connectivity index (χ4v) is 3.02. The van der Waals surface area contributed by atoms with Crippen molar-refractivity contribution >= 4 is 39.7 Å². The molecule has 1 N–H and O–H groups in total. The first-order chi connectivity index (χ1) is 13.1. The molecule has 0 aliphatic rings. The van der Waals surface area contributed by atoms with E-state index in [-0.39, 0.29) is 5.69 Å². The number of carbonyl (C=O) groups is 1. The second kappa shape index (κ2) is 8.83. The minimum absolute atomic E-state index is 0.251. The van der Waals surface area contributed by atoms with Crippen LogP contribution in [0.25, 0.3) is 0 Å². The summed E-state index contributed by atoms with van der Waals surface area (Å²) in [7, 11) is 1.58. The van der Waals surface area contributed by atoms with Crippen LogP contribution in [-0.2, 0) is 6.54 Å². The van der Waals surface area contributed by atoms with Gasteiger partial charge in [-0.05, 0) is 45.8 Å². The molecule has 1 amide bonds. The van der Waals surface area contributed by atoms with Crippen molar-refractivity contribution in [1.82, 2.24) is 15.2 Å². The molecule has 0 saturated heterocycles. The Morgan fingerprint density at radius 1 is 1.30 bits per heavy atom. The lowest BCUT2D eigenvalue weighted by molar-refractivity contribution is 0.0948. The minimum atomic E-state index is -0.414. The van der Waals surface area contributed by atoms with Gasteiger partial charge in [0.2, 0.25) is 0 Å². The summed E-state index contributed by atoms with van der Waals surface area (Å²) in [6.45, 7) is 0.521. The molecular weight excluding hydrogens is 432 g/mol. The van der Waals surface area contributed by atoms with Crippen molar-refractivity contribution in [3.05, 3.63) is 81.0 Å². The highest BCUT2D eigenvalue weighted by Gasteiger charge is 2.15. The highest BCUT2D eigenvalue weighted by molar-refractivity contribution is 9.10. The van der Waals surface area contributed by atoms with Crippen LogP contribution in [0.1, 0.15) is 21.6 Å². The molecule has 6 nitrogen and oxygen atoms in total. The van der Waals surface area contributed by atoms with E-state index in [0.717, 1.165) is 11.1 Å². The molecule has 0 atom stereocenters. The van der Waals surface area contributed by atoms with E-state index in [4.69, 9.17) is 16.3 Å². The molecule has 0 spiro atoms. The standard InChI is InChI=1S/C19H16BrClN4O2/c1-27-17-5-3-2-4-14(17)10-22-23-19(26)18-16(20)12-25(24-18)11-13-6-8-15(21)9-7-13/h2-10,12H,11H2,1H3,(H,23,26)/b22-10+. The summed E-state index contributed by atoms with van der Waals surface area (Å²) in [6, 6.07) is 14.8. The quantitative estimate of drug-likeness (QED) is 0.456. The number of nitrogens with one attached hydrogen (secondary N) is 1. The fourth-order valence-electron chi connectivity index (χ4n) is 2.40. The molecule has 27 heavy (non-hydrogen) atoms.